The molecular weight excluding hydrogens is 292 g/mol. The molecule has 2 rings (SSSR count). The molecule has 2 N–H and O–H groups in total. The van der Waals surface area contributed by atoms with Crippen LogP contribution in [0, 0.1) is 11.6 Å². The van der Waals surface area contributed by atoms with Crippen LogP contribution in [0.3, 0.4) is 0 Å². The molecule has 7 heteroatoms. The lowest BCUT2D eigenvalue weighted by Gasteiger charge is -2.07. The molecule has 0 fully saturated rings. The van der Waals surface area contributed by atoms with Crippen molar-refractivity contribution in [1.82, 2.24) is 4.98 Å². The normalized spacial score (nSPS) is 10.8. The van der Waals surface area contributed by atoms with Crippen molar-refractivity contribution in [1.29, 1.82) is 0 Å². The maximum Gasteiger partial charge on any atom is 0.262 e. The number of rotatable bonds is 5. The van der Waals surface area contributed by atoms with E-state index in [4.69, 9.17) is 5.21 Å². The lowest BCUT2D eigenvalue weighted by atomic mass is 10.1. The molecule has 1 aromatic heterocycles. The number of hydrogen-bond acceptors (Lipinski definition) is 4. The zero-order chi connectivity index (χ0) is 15.9. The number of anilines is 1. The highest BCUT2D eigenvalue weighted by Gasteiger charge is 2.17. The van der Waals surface area contributed by atoms with Gasteiger partial charge in [0.05, 0.1) is 0 Å². The predicted octanol–water partition coefficient (Wildman–Crippen LogP) is 3.00. The fourth-order valence-corrected chi connectivity index (χ4v) is 1.83. The van der Waals surface area contributed by atoms with Crippen LogP contribution in [0.2, 0.25) is 0 Å². The van der Waals surface area contributed by atoms with E-state index in [2.05, 4.69) is 15.5 Å². The number of nitrogens with one attached hydrogen (secondary N) is 1. The second kappa shape index (κ2) is 7.26. The van der Waals surface area contributed by atoms with Crippen molar-refractivity contribution in [2.24, 2.45) is 5.16 Å². The molecule has 22 heavy (non-hydrogen) atoms. The number of aryl methyl sites for hydroxylation is 1. The van der Waals surface area contributed by atoms with Crippen molar-refractivity contribution in [2.75, 3.05) is 5.32 Å². The Morgan fingerprint density at radius 1 is 1.27 bits per heavy atom. The second-order valence-corrected chi connectivity index (χ2v) is 4.44. The SMILES string of the molecule is O=C(Nc1ccc(CC/C=N/O)cn1)c1c(F)cccc1F. The minimum atomic E-state index is -0.933. The Labute approximate surface area is 125 Å². The number of halogens is 2. The minimum Gasteiger partial charge on any atom is -0.411 e. The summed E-state index contributed by atoms with van der Waals surface area (Å²) in [5, 5.41) is 13.5. The molecule has 1 aromatic carbocycles. The first-order valence-electron chi connectivity index (χ1n) is 6.48. The smallest absolute Gasteiger partial charge is 0.262 e. The van der Waals surface area contributed by atoms with Crippen molar-refractivity contribution in [3.05, 3.63) is 59.3 Å². The van der Waals surface area contributed by atoms with Crippen molar-refractivity contribution in [3.63, 3.8) is 0 Å². The topological polar surface area (TPSA) is 74.6 Å². The van der Waals surface area contributed by atoms with Gasteiger partial charge < -0.3 is 10.5 Å². The molecule has 1 amide bonds. The highest BCUT2D eigenvalue weighted by Crippen LogP contribution is 2.14. The molecule has 0 aliphatic carbocycles. The molecule has 0 unspecified atom stereocenters. The molecular formula is C15H13F2N3O2. The maximum absolute atomic E-state index is 13.5. The molecule has 0 atom stereocenters. The Bertz CT molecular complexity index is 667. The summed E-state index contributed by atoms with van der Waals surface area (Å²) in [4.78, 5) is 15.9. The van der Waals surface area contributed by atoms with Crippen molar-refractivity contribution in [3.8, 4) is 0 Å². The molecule has 0 aliphatic heterocycles. The first-order chi connectivity index (χ1) is 10.6. The molecule has 114 valence electrons. The molecule has 5 nitrogen and oxygen atoms in total. The number of amides is 1. The summed E-state index contributed by atoms with van der Waals surface area (Å²) in [7, 11) is 0. The molecule has 0 saturated heterocycles. The van der Waals surface area contributed by atoms with E-state index in [9.17, 15) is 13.6 Å². The van der Waals surface area contributed by atoms with Gasteiger partial charge >= 0.3 is 0 Å². The van der Waals surface area contributed by atoms with Gasteiger partial charge in [0.1, 0.15) is 23.0 Å². The maximum atomic E-state index is 13.5. The van der Waals surface area contributed by atoms with E-state index >= 15 is 0 Å². The number of nitrogens with zero attached hydrogens (tertiary/aromatic N) is 2. The van der Waals surface area contributed by atoms with Crippen LogP contribution in [-0.2, 0) is 6.42 Å². The van der Waals surface area contributed by atoms with E-state index in [1.165, 1.54) is 24.5 Å². The highest BCUT2D eigenvalue weighted by atomic mass is 19.1. The fraction of sp³-hybridized carbons (Fsp3) is 0.133. The largest absolute Gasteiger partial charge is 0.411 e. The molecule has 1 heterocycles. The third-order valence-electron chi connectivity index (χ3n) is 2.90. The summed E-state index contributed by atoms with van der Waals surface area (Å²) in [5.41, 5.74) is 0.225. The Morgan fingerprint density at radius 2 is 2.00 bits per heavy atom. The first kappa shape index (κ1) is 15.6. The van der Waals surface area contributed by atoms with E-state index in [1.54, 1.807) is 6.07 Å². The Morgan fingerprint density at radius 3 is 2.59 bits per heavy atom. The summed E-state index contributed by atoms with van der Waals surface area (Å²) in [5.74, 6) is -2.58. The summed E-state index contributed by atoms with van der Waals surface area (Å²) in [6.07, 6.45) is 4.05. The zero-order valence-corrected chi connectivity index (χ0v) is 11.5. The summed E-state index contributed by atoms with van der Waals surface area (Å²) >= 11 is 0. The minimum absolute atomic E-state index is 0.187. The van der Waals surface area contributed by atoms with Gasteiger partial charge in [0.2, 0.25) is 0 Å². The molecule has 0 bridgehead atoms. The van der Waals surface area contributed by atoms with Crippen LogP contribution >= 0.6 is 0 Å². The number of benzene rings is 1. The van der Waals surface area contributed by atoms with Crippen LogP contribution in [0.15, 0.2) is 41.7 Å². The van der Waals surface area contributed by atoms with Gasteiger partial charge in [-0.25, -0.2) is 13.8 Å². The van der Waals surface area contributed by atoms with Gasteiger partial charge in [0.25, 0.3) is 5.91 Å². The monoisotopic (exact) mass is 305 g/mol. The predicted molar refractivity (Wildman–Crippen MR) is 77.1 cm³/mol. The Kier molecular flexibility index (Phi) is 5.13. The highest BCUT2D eigenvalue weighted by molar-refractivity contribution is 6.04. The van der Waals surface area contributed by atoms with Crippen LogP contribution in [0.4, 0.5) is 14.6 Å². The van der Waals surface area contributed by atoms with Gasteiger partial charge in [-0.15, -0.1) is 5.16 Å². The number of hydrogen-bond donors (Lipinski definition) is 2. The average Bonchev–Trinajstić information content (AvgIpc) is 2.49. The van der Waals surface area contributed by atoms with E-state index in [0.717, 1.165) is 17.7 Å². The van der Waals surface area contributed by atoms with Gasteiger partial charge in [-0.1, -0.05) is 12.1 Å². The van der Waals surface area contributed by atoms with Gasteiger partial charge in [-0.05, 0) is 36.6 Å². The van der Waals surface area contributed by atoms with Gasteiger partial charge in [0.15, 0.2) is 0 Å². The summed E-state index contributed by atoms with van der Waals surface area (Å²) < 4.78 is 27.0. The number of oxime groups is 1. The van der Waals surface area contributed by atoms with Crippen LogP contribution < -0.4 is 5.32 Å². The molecule has 0 saturated carbocycles. The van der Waals surface area contributed by atoms with E-state index in [-0.39, 0.29) is 5.82 Å². The average molecular weight is 305 g/mol. The number of carbonyl (C=O) groups is 1. The fourth-order valence-electron chi connectivity index (χ4n) is 1.83. The van der Waals surface area contributed by atoms with E-state index in [0.29, 0.717) is 12.8 Å². The number of aromatic nitrogens is 1. The van der Waals surface area contributed by atoms with Crippen molar-refractivity contribution in [2.45, 2.75) is 12.8 Å². The van der Waals surface area contributed by atoms with Crippen molar-refractivity contribution < 1.29 is 18.8 Å². The van der Waals surface area contributed by atoms with E-state index in [1.807, 2.05) is 0 Å². The van der Waals surface area contributed by atoms with Gasteiger partial charge in [-0.2, -0.15) is 0 Å². The first-order valence-corrected chi connectivity index (χ1v) is 6.48. The quantitative estimate of drug-likeness (QED) is 0.506. The second-order valence-electron chi connectivity index (χ2n) is 4.44. The Hall–Kier alpha value is -2.83. The molecule has 0 aliphatic rings. The van der Waals surface area contributed by atoms with Crippen LogP contribution in [0.1, 0.15) is 22.3 Å². The lowest BCUT2D eigenvalue weighted by molar-refractivity contribution is 0.101. The summed E-state index contributed by atoms with van der Waals surface area (Å²) in [6.45, 7) is 0. The van der Waals surface area contributed by atoms with Crippen LogP contribution in [-0.4, -0.2) is 22.3 Å². The van der Waals surface area contributed by atoms with E-state index < -0.39 is 23.1 Å². The molecule has 0 radical (unpaired) electrons. The van der Waals surface area contributed by atoms with Crippen LogP contribution in [0.5, 0.6) is 0 Å². The van der Waals surface area contributed by atoms with Crippen molar-refractivity contribution >= 4 is 17.9 Å². The molecule has 2 aromatic rings. The Balaban J connectivity index is 2.06. The third kappa shape index (κ3) is 3.85. The van der Waals surface area contributed by atoms with Gasteiger partial charge in [0, 0.05) is 12.4 Å². The standard InChI is InChI=1S/C15H13F2N3O2/c16-11-4-1-5-12(17)14(11)15(21)20-13-7-6-10(9-18-13)3-2-8-19-22/h1,4-9,22H,2-3H2,(H,18,20,21)/b19-8+. The lowest BCUT2D eigenvalue weighted by Crippen LogP contribution is -2.16. The third-order valence-corrected chi connectivity index (χ3v) is 2.90. The van der Waals surface area contributed by atoms with Crippen LogP contribution in [0.25, 0.3) is 0 Å². The number of carbonyl (C=O) groups excluding carboxylic acids is 1. The zero-order valence-electron chi connectivity index (χ0n) is 11.5. The molecule has 0 spiro atoms. The number of pyridine rings is 1. The van der Waals surface area contributed by atoms with Gasteiger partial charge in [-0.3, -0.25) is 4.79 Å². The summed E-state index contributed by atoms with van der Waals surface area (Å²) in [6, 6.07) is 6.45.